The first-order valence-electron chi connectivity index (χ1n) is 5.54. The van der Waals surface area contributed by atoms with Gasteiger partial charge in [-0.2, -0.15) is 13.2 Å². The van der Waals surface area contributed by atoms with Gasteiger partial charge in [0.05, 0.1) is 5.69 Å². The maximum absolute atomic E-state index is 13.0. The summed E-state index contributed by atoms with van der Waals surface area (Å²) in [5, 5.41) is 9.32. The maximum atomic E-state index is 13.0. The molecule has 22 heavy (non-hydrogen) atoms. The van der Waals surface area contributed by atoms with Gasteiger partial charge in [-0.1, -0.05) is 23.2 Å². The van der Waals surface area contributed by atoms with Crippen LogP contribution in [0.3, 0.4) is 0 Å². The van der Waals surface area contributed by atoms with Gasteiger partial charge >= 0.3 is 12.1 Å². The van der Waals surface area contributed by atoms with Gasteiger partial charge in [-0.15, -0.1) is 0 Å². The average molecular weight is 352 g/mol. The van der Waals surface area contributed by atoms with Crippen LogP contribution in [0.1, 0.15) is 16.1 Å². The average Bonchev–Trinajstić information content (AvgIpc) is 2.35. The normalized spacial score (nSPS) is 11.5. The number of halogens is 5. The monoisotopic (exact) mass is 351 g/mol. The zero-order valence-corrected chi connectivity index (χ0v) is 12.0. The Bertz CT molecular complexity index is 746. The van der Waals surface area contributed by atoms with Crippen molar-refractivity contribution >= 4 is 35.1 Å². The van der Waals surface area contributed by atoms with Crippen molar-refractivity contribution in [3.05, 3.63) is 39.5 Å². The van der Waals surface area contributed by atoms with Crippen molar-refractivity contribution in [1.82, 2.24) is 9.97 Å². The van der Waals surface area contributed by atoms with E-state index in [1.54, 1.807) is 0 Å². The highest BCUT2D eigenvalue weighted by Gasteiger charge is 2.40. The van der Waals surface area contributed by atoms with Gasteiger partial charge < -0.3 is 10.8 Å². The van der Waals surface area contributed by atoms with Crippen LogP contribution < -0.4 is 5.73 Å². The molecule has 0 aliphatic heterocycles. The highest BCUT2D eigenvalue weighted by atomic mass is 35.5. The Kier molecular flexibility index (Phi) is 4.17. The Morgan fingerprint density at radius 2 is 1.68 bits per heavy atom. The van der Waals surface area contributed by atoms with Gasteiger partial charge in [0.25, 0.3) is 0 Å². The standard InChI is InChI=1S/C12H6Cl2F3N3O2/c13-5-1-4(2-6(14)3-5)8-7(10(21)22)9(12(15,16)17)20-11(18)19-8/h1-3H,(H,21,22)(H2,18,19,20). The molecule has 0 fully saturated rings. The lowest BCUT2D eigenvalue weighted by molar-refractivity contribution is -0.141. The second-order valence-corrected chi connectivity index (χ2v) is 4.99. The summed E-state index contributed by atoms with van der Waals surface area (Å²) < 4.78 is 38.9. The van der Waals surface area contributed by atoms with Gasteiger partial charge in [0.1, 0.15) is 5.56 Å². The number of aromatic nitrogens is 2. The molecule has 0 unspecified atom stereocenters. The molecule has 2 aromatic rings. The third kappa shape index (κ3) is 3.23. The van der Waals surface area contributed by atoms with Gasteiger partial charge in [-0.05, 0) is 18.2 Å². The number of carboxylic acid groups (broad SMARTS) is 1. The van der Waals surface area contributed by atoms with Crippen LogP contribution in [0.4, 0.5) is 19.1 Å². The number of aromatic carboxylic acids is 1. The van der Waals surface area contributed by atoms with E-state index in [0.29, 0.717) is 0 Å². The van der Waals surface area contributed by atoms with Crippen LogP contribution >= 0.6 is 23.2 Å². The van der Waals surface area contributed by atoms with Crippen molar-refractivity contribution in [2.24, 2.45) is 0 Å². The molecular weight excluding hydrogens is 346 g/mol. The van der Waals surface area contributed by atoms with Crippen LogP contribution in [0.2, 0.25) is 10.0 Å². The molecule has 3 N–H and O–H groups in total. The Balaban J connectivity index is 2.85. The number of nitrogen functional groups attached to an aromatic ring is 1. The summed E-state index contributed by atoms with van der Waals surface area (Å²) >= 11 is 11.5. The van der Waals surface area contributed by atoms with Crippen molar-refractivity contribution in [2.45, 2.75) is 6.18 Å². The third-order valence-corrected chi connectivity index (χ3v) is 2.98. The Morgan fingerprint density at radius 1 is 1.14 bits per heavy atom. The molecule has 10 heteroatoms. The van der Waals surface area contributed by atoms with E-state index < -0.39 is 35.0 Å². The van der Waals surface area contributed by atoms with E-state index >= 15 is 0 Å². The first-order valence-corrected chi connectivity index (χ1v) is 6.29. The summed E-state index contributed by atoms with van der Waals surface area (Å²) in [6, 6.07) is 3.78. The summed E-state index contributed by atoms with van der Waals surface area (Å²) in [5.41, 5.74) is 1.96. The number of benzene rings is 1. The van der Waals surface area contributed by atoms with E-state index in [-0.39, 0.29) is 15.6 Å². The molecule has 0 amide bonds. The summed E-state index contributed by atoms with van der Waals surface area (Å²) in [6.07, 6.45) is -5.01. The summed E-state index contributed by atoms with van der Waals surface area (Å²) in [6.45, 7) is 0. The molecule has 0 saturated heterocycles. The van der Waals surface area contributed by atoms with Crippen LogP contribution in [0, 0.1) is 0 Å². The molecule has 0 atom stereocenters. The topological polar surface area (TPSA) is 89.1 Å². The molecule has 2 rings (SSSR count). The molecule has 0 spiro atoms. The fraction of sp³-hybridized carbons (Fsp3) is 0.0833. The van der Waals surface area contributed by atoms with E-state index in [1.165, 1.54) is 18.2 Å². The van der Waals surface area contributed by atoms with Crippen molar-refractivity contribution < 1.29 is 23.1 Å². The maximum Gasteiger partial charge on any atom is 0.434 e. The summed E-state index contributed by atoms with van der Waals surface area (Å²) in [7, 11) is 0. The van der Waals surface area contributed by atoms with Crippen molar-refractivity contribution in [2.75, 3.05) is 5.73 Å². The van der Waals surface area contributed by atoms with Crippen LogP contribution in [0.25, 0.3) is 11.3 Å². The van der Waals surface area contributed by atoms with Crippen LogP contribution in [0.15, 0.2) is 18.2 Å². The second kappa shape index (κ2) is 5.62. The molecule has 0 radical (unpaired) electrons. The van der Waals surface area contributed by atoms with E-state index in [4.69, 9.17) is 34.0 Å². The van der Waals surface area contributed by atoms with Gasteiger partial charge in [-0.25, -0.2) is 14.8 Å². The van der Waals surface area contributed by atoms with Crippen molar-refractivity contribution in [3.8, 4) is 11.3 Å². The second-order valence-electron chi connectivity index (χ2n) is 4.12. The molecule has 0 aliphatic carbocycles. The number of hydrogen-bond donors (Lipinski definition) is 2. The number of alkyl halides is 3. The quantitative estimate of drug-likeness (QED) is 0.859. The highest BCUT2D eigenvalue weighted by Crippen LogP contribution is 2.36. The van der Waals surface area contributed by atoms with Gasteiger partial charge in [0, 0.05) is 15.6 Å². The number of hydrogen-bond acceptors (Lipinski definition) is 4. The Labute approximate surface area is 131 Å². The van der Waals surface area contributed by atoms with E-state index in [2.05, 4.69) is 9.97 Å². The summed E-state index contributed by atoms with van der Waals surface area (Å²) in [5.74, 6) is -2.57. The van der Waals surface area contributed by atoms with E-state index in [9.17, 15) is 18.0 Å². The molecule has 1 aromatic carbocycles. The fourth-order valence-corrected chi connectivity index (χ4v) is 2.31. The predicted octanol–water partition coefficient (Wildman–Crippen LogP) is 3.75. The Hall–Kier alpha value is -2.06. The van der Waals surface area contributed by atoms with Crippen LogP contribution in [-0.2, 0) is 6.18 Å². The molecule has 116 valence electrons. The lowest BCUT2D eigenvalue weighted by Crippen LogP contribution is -2.19. The summed E-state index contributed by atoms with van der Waals surface area (Å²) in [4.78, 5) is 17.8. The number of carbonyl (C=O) groups is 1. The number of rotatable bonds is 2. The molecule has 5 nitrogen and oxygen atoms in total. The van der Waals surface area contributed by atoms with Gasteiger partial charge in [0.15, 0.2) is 5.69 Å². The lowest BCUT2D eigenvalue weighted by Gasteiger charge is -2.13. The fourth-order valence-electron chi connectivity index (χ4n) is 1.79. The predicted molar refractivity (Wildman–Crippen MR) is 73.9 cm³/mol. The SMILES string of the molecule is Nc1nc(-c2cc(Cl)cc(Cl)c2)c(C(=O)O)c(C(F)(F)F)n1. The van der Waals surface area contributed by atoms with Crippen LogP contribution in [0.5, 0.6) is 0 Å². The molecular formula is C12H6Cl2F3N3O2. The minimum atomic E-state index is -5.01. The minimum absolute atomic E-state index is 0.0190. The molecule has 1 aromatic heterocycles. The first kappa shape index (κ1) is 16.3. The number of carboxylic acids is 1. The zero-order valence-electron chi connectivity index (χ0n) is 10.4. The third-order valence-electron chi connectivity index (χ3n) is 2.54. The largest absolute Gasteiger partial charge is 0.478 e. The van der Waals surface area contributed by atoms with Crippen molar-refractivity contribution in [3.63, 3.8) is 0 Å². The molecule has 0 aliphatic rings. The Morgan fingerprint density at radius 3 is 2.14 bits per heavy atom. The number of nitrogens with two attached hydrogens (primary N) is 1. The lowest BCUT2D eigenvalue weighted by atomic mass is 10.0. The van der Waals surface area contributed by atoms with E-state index in [0.717, 1.165) is 0 Å². The zero-order chi connectivity index (χ0) is 16.7. The minimum Gasteiger partial charge on any atom is -0.478 e. The number of anilines is 1. The molecule has 1 heterocycles. The first-order chi connectivity index (χ1) is 10.1. The van der Waals surface area contributed by atoms with Gasteiger partial charge in [0.2, 0.25) is 5.95 Å². The van der Waals surface area contributed by atoms with Crippen molar-refractivity contribution in [1.29, 1.82) is 0 Å². The molecule has 0 bridgehead atoms. The van der Waals surface area contributed by atoms with E-state index in [1.807, 2.05) is 0 Å². The highest BCUT2D eigenvalue weighted by molar-refractivity contribution is 6.35. The number of nitrogens with zero attached hydrogens (tertiary/aromatic N) is 2. The van der Waals surface area contributed by atoms with Gasteiger partial charge in [-0.3, -0.25) is 0 Å². The van der Waals surface area contributed by atoms with Crippen LogP contribution in [-0.4, -0.2) is 21.0 Å². The molecule has 0 saturated carbocycles. The smallest absolute Gasteiger partial charge is 0.434 e.